The molecule has 6 nitrogen and oxygen atoms in total. The van der Waals surface area contributed by atoms with E-state index in [4.69, 9.17) is 9.97 Å². The van der Waals surface area contributed by atoms with Crippen LogP contribution >= 0.6 is 0 Å². The van der Waals surface area contributed by atoms with Crippen LogP contribution in [0.15, 0.2) is 78.9 Å². The van der Waals surface area contributed by atoms with Gasteiger partial charge in [0.15, 0.2) is 0 Å². The second-order valence-corrected chi connectivity index (χ2v) is 9.63. The molecule has 0 spiro atoms. The van der Waals surface area contributed by atoms with Crippen molar-refractivity contribution in [3.8, 4) is 0 Å². The minimum absolute atomic E-state index is 0.122. The largest absolute Gasteiger partial charge is 0.366 e. The molecule has 1 amide bonds. The van der Waals surface area contributed by atoms with Gasteiger partial charge in [0, 0.05) is 57.5 Å². The van der Waals surface area contributed by atoms with Gasteiger partial charge in [-0.25, -0.2) is 14.4 Å². The van der Waals surface area contributed by atoms with Gasteiger partial charge in [-0.05, 0) is 36.2 Å². The number of fused-ring (bicyclic) bond motifs is 1. The van der Waals surface area contributed by atoms with Crippen molar-refractivity contribution < 1.29 is 9.18 Å². The Morgan fingerprint density at radius 2 is 1.58 bits per heavy atom. The van der Waals surface area contributed by atoms with E-state index in [9.17, 15) is 9.18 Å². The van der Waals surface area contributed by atoms with Crippen LogP contribution in [0.1, 0.15) is 24.7 Å². The Balaban J connectivity index is 1.30. The number of carbonyl (C=O) groups is 1. The fourth-order valence-electron chi connectivity index (χ4n) is 5.03. The number of carbonyl (C=O) groups excluding carboxylic acids is 1. The highest BCUT2D eigenvalue weighted by molar-refractivity contribution is 5.89. The Labute approximate surface area is 223 Å². The fraction of sp³-hybridized carbons (Fsp3) is 0.323. The molecule has 0 N–H and O–H groups in total. The molecular formula is C31H34FN5O. The molecule has 4 aromatic rings. The number of nitrogens with zero attached hydrogens (tertiary/aromatic N) is 5. The normalized spacial score (nSPS) is 13.6. The van der Waals surface area contributed by atoms with Crippen LogP contribution in [0, 0.1) is 5.82 Å². The summed E-state index contributed by atoms with van der Waals surface area (Å²) >= 11 is 0. The van der Waals surface area contributed by atoms with Gasteiger partial charge in [0.1, 0.15) is 17.5 Å². The number of rotatable bonds is 9. The number of hydrogen-bond acceptors (Lipinski definition) is 5. The summed E-state index contributed by atoms with van der Waals surface area (Å²) in [6.07, 6.45) is 2.00. The lowest BCUT2D eigenvalue weighted by Gasteiger charge is -2.36. The predicted molar refractivity (Wildman–Crippen MR) is 151 cm³/mol. The molecule has 0 saturated carbocycles. The highest BCUT2D eigenvalue weighted by Crippen LogP contribution is 2.25. The Kier molecular flexibility index (Phi) is 8.12. The monoisotopic (exact) mass is 511 g/mol. The Bertz CT molecular complexity index is 1370. The van der Waals surface area contributed by atoms with Crippen molar-refractivity contribution in [3.63, 3.8) is 0 Å². The maximum Gasteiger partial charge on any atom is 0.224 e. The molecule has 1 aliphatic heterocycles. The maximum absolute atomic E-state index is 14.2. The van der Waals surface area contributed by atoms with E-state index in [1.807, 2.05) is 40.1 Å². The van der Waals surface area contributed by atoms with Crippen molar-refractivity contribution in [2.24, 2.45) is 0 Å². The summed E-state index contributed by atoms with van der Waals surface area (Å²) in [6, 6.07) is 25.3. The second kappa shape index (κ2) is 12.0. The van der Waals surface area contributed by atoms with Crippen molar-refractivity contribution >= 4 is 28.3 Å². The van der Waals surface area contributed by atoms with Crippen LogP contribution in [0.5, 0.6) is 0 Å². The lowest BCUT2D eigenvalue weighted by atomic mass is 10.1. The van der Waals surface area contributed by atoms with Gasteiger partial charge in [-0.15, -0.1) is 0 Å². The molecule has 1 aliphatic rings. The molecule has 3 aromatic carbocycles. The Morgan fingerprint density at radius 1 is 0.868 bits per heavy atom. The molecule has 5 rings (SSSR count). The summed E-state index contributed by atoms with van der Waals surface area (Å²) in [7, 11) is 0. The Hall–Kier alpha value is -4.00. The number of piperazine rings is 1. The second-order valence-electron chi connectivity index (χ2n) is 9.63. The minimum atomic E-state index is -0.218. The van der Waals surface area contributed by atoms with Crippen molar-refractivity contribution in [1.29, 1.82) is 0 Å². The molecule has 0 aliphatic carbocycles. The summed E-state index contributed by atoms with van der Waals surface area (Å²) in [5.41, 5.74) is 2.78. The van der Waals surface area contributed by atoms with Crippen molar-refractivity contribution in [2.45, 2.75) is 26.2 Å². The number of aryl methyl sites for hydroxylation is 1. The van der Waals surface area contributed by atoms with Crippen molar-refractivity contribution in [2.75, 3.05) is 49.1 Å². The average Bonchev–Trinajstić information content (AvgIpc) is 2.97. The average molecular weight is 512 g/mol. The maximum atomic E-state index is 14.2. The predicted octanol–water partition coefficient (Wildman–Crippen LogP) is 5.12. The number of halogens is 1. The van der Waals surface area contributed by atoms with E-state index in [0.717, 1.165) is 41.9 Å². The van der Waals surface area contributed by atoms with Gasteiger partial charge in [0.2, 0.25) is 5.91 Å². The summed E-state index contributed by atoms with van der Waals surface area (Å²) in [5, 5.41) is 1.00. The molecule has 7 heteroatoms. The van der Waals surface area contributed by atoms with Gasteiger partial charge in [-0.2, -0.15) is 0 Å². The van der Waals surface area contributed by atoms with Crippen LogP contribution in [0.4, 0.5) is 15.9 Å². The van der Waals surface area contributed by atoms with Crippen LogP contribution in [-0.2, 0) is 17.6 Å². The van der Waals surface area contributed by atoms with E-state index in [0.29, 0.717) is 44.8 Å². The quantitative estimate of drug-likeness (QED) is 0.312. The third-order valence-electron chi connectivity index (χ3n) is 7.18. The van der Waals surface area contributed by atoms with Gasteiger partial charge >= 0.3 is 0 Å². The number of amides is 1. The van der Waals surface area contributed by atoms with Crippen LogP contribution < -0.4 is 9.80 Å². The van der Waals surface area contributed by atoms with E-state index < -0.39 is 0 Å². The molecule has 2 heterocycles. The lowest BCUT2D eigenvalue weighted by Crippen LogP contribution is -2.49. The zero-order valence-electron chi connectivity index (χ0n) is 21.9. The van der Waals surface area contributed by atoms with Crippen LogP contribution in [0.25, 0.3) is 10.9 Å². The van der Waals surface area contributed by atoms with Gasteiger partial charge in [0.25, 0.3) is 0 Å². The van der Waals surface area contributed by atoms with Crippen molar-refractivity contribution in [1.82, 2.24) is 14.9 Å². The van der Waals surface area contributed by atoms with Gasteiger partial charge in [-0.1, -0.05) is 61.5 Å². The van der Waals surface area contributed by atoms with Crippen LogP contribution in [0.3, 0.4) is 0 Å². The van der Waals surface area contributed by atoms with Crippen LogP contribution in [-0.4, -0.2) is 60.0 Å². The van der Waals surface area contributed by atoms with E-state index in [-0.39, 0.29) is 11.7 Å². The summed E-state index contributed by atoms with van der Waals surface area (Å²) in [4.78, 5) is 29.1. The highest BCUT2D eigenvalue weighted by Gasteiger charge is 2.24. The van der Waals surface area contributed by atoms with Gasteiger partial charge < -0.3 is 14.7 Å². The first-order chi connectivity index (χ1) is 18.6. The highest BCUT2D eigenvalue weighted by atomic mass is 19.1. The van der Waals surface area contributed by atoms with Gasteiger partial charge in [0.05, 0.1) is 11.2 Å². The molecular weight excluding hydrogens is 477 g/mol. The fourth-order valence-corrected chi connectivity index (χ4v) is 5.03. The zero-order valence-corrected chi connectivity index (χ0v) is 21.9. The topological polar surface area (TPSA) is 52.6 Å². The number of para-hydroxylation sites is 2. The molecule has 0 bridgehead atoms. The molecule has 0 radical (unpaired) electrons. The summed E-state index contributed by atoms with van der Waals surface area (Å²) in [6.45, 7) is 5.82. The SMILES string of the molecule is CCc1nc(N(CCC(=O)N2CCN(c3ccccc3F)CC2)CCc2ccccc2)c2ccccc2n1. The number of anilines is 2. The number of aromatic nitrogens is 2. The van der Waals surface area contributed by atoms with E-state index in [1.54, 1.807) is 12.1 Å². The molecule has 38 heavy (non-hydrogen) atoms. The number of benzene rings is 3. The zero-order chi connectivity index (χ0) is 26.3. The van der Waals surface area contributed by atoms with E-state index >= 15 is 0 Å². The third kappa shape index (κ3) is 5.93. The standard InChI is InChI=1S/C31H34FN5O/c1-2-29-33-27-14-8-6-12-25(27)31(34-29)37(18-16-24-10-4-3-5-11-24)19-17-30(38)36-22-20-35(21-23-36)28-15-9-7-13-26(28)32/h3-15H,2,16-23H2,1H3. The van der Waals surface area contributed by atoms with Crippen LogP contribution in [0.2, 0.25) is 0 Å². The molecule has 0 atom stereocenters. The first-order valence-corrected chi connectivity index (χ1v) is 13.4. The molecule has 1 saturated heterocycles. The van der Waals surface area contributed by atoms with Gasteiger partial charge in [-0.3, -0.25) is 4.79 Å². The molecule has 1 fully saturated rings. The summed E-state index contributed by atoms with van der Waals surface area (Å²) < 4.78 is 14.2. The lowest BCUT2D eigenvalue weighted by molar-refractivity contribution is -0.131. The third-order valence-corrected chi connectivity index (χ3v) is 7.18. The molecule has 196 valence electrons. The smallest absolute Gasteiger partial charge is 0.224 e. The summed E-state index contributed by atoms with van der Waals surface area (Å²) in [5.74, 6) is 1.60. The molecule has 1 aromatic heterocycles. The van der Waals surface area contributed by atoms with Crippen molar-refractivity contribution in [3.05, 3.63) is 96.1 Å². The first-order valence-electron chi connectivity index (χ1n) is 13.4. The first kappa shape index (κ1) is 25.6. The number of hydrogen-bond donors (Lipinski definition) is 0. The van der Waals surface area contributed by atoms with E-state index in [2.05, 4.69) is 42.2 Å². The van der Waals surface area contributed by atoms with E-state index in [1.165, 1.54) is 11.6 Å². The Morgan fingerprint density at radius 3 is 2.34 bits per heavy atom. The molecule has 0 unspecified atom stereocenters. The minimum Gasteiger partial charge on any atom is -0.366 e.